The number of ether oxygens (including phenoxy) is 4. The molecule has 2 atom stereocenters. The fourth-order valence-corrected chi connectivity index (χ4v) is 14.1. The molecule has 0 bridgehead atoms. The molecule has 0 saturated carbocycles. The van der Waals surface area contributed by atoms with E-state index >= 15 is 0 Å². The highest BCUT2D eigenvalue weighted by molar-refractivity contribution is 8.20. The molecule has 2 aliphatic rings. The van der Waals surface area contributed by atoms with Gasteiger partial charge in [-0.15, -0.1) is 47.0 Å². The second-order valence-electron chi connectivity index (χ2n) is 13.3. The Labute approximate surface area is 369 Å². The van der Waals surface area contributed by atoms with Crippen molar-refractivity contribution >= 4 is 94.7 Å². The zero-order valence-corrected chi connectivity index (χ0v) is 37.3. The van der Waals surface area contributed by atoms with E-state index < -0.39 is 0 Å². The van der Waals surface area contributed by atoms with E-state index in [-0.39, 0.29) is 37.4 Å². The summed E-state index contributed by atoms with van der Waals surface area (Å²) in [7, 11) is 0. The predicted molar refractivity (Wildman–Crippen MR) is 255 cm³/mol. The third-order valence-electron chi connectivity index (χ3n) is 8.89. The molecule has 2 fully saturated rings. The molecule has 0 amide bonds. The Hall–Kier alpha value is -3.00. The SMILES string of the molecule is O=C(C=Cc1ccccc1)OC(COc1ccc(-c2ccc(OCC(CSCCC3SCCS3)OC(=O)C=Cc3ccccc3)cc2)cc1)CSCCC1SCCS1. The molecular weight excluding hydrogens is 841 g/mol. The molecule has 2 heterocycles. The topological polar surface area (TPSA) is 71.1 Å². The minimum absolute atomic E-state index is 0.271. The van der Waals surface area contributed by atoms with Crippen LogP contribution >= 0.6 is 70.6 Å². The maximum atomic E-state index is 12.8. The van der Waals surface area contributed by atoms with E-state index in [1.54, 1.807) is 12.2 Å². The molecule has 0 aliphatic carbocycles. The molecule has 4 aromatic carbocycles. The van der Waals surface area contributed by atoms with Gasteiger partial charge in [0.15, 0.2) is 0 Å². The number of carbonyl (C=O) groups is 2. The van der Waals surface area contributed by atoms with Gasteiger partial charge in [0.25, 0.3) is 0 Å². The quantitative estimate of drug-likeness (QED) is 0.0405. The molecule has 2 aliphatic heterocycles. The second kappa shape index (κ2) is 25.6. The molecule has 2 saturated heterocycles. The normalized spacial score (nSPS) is 15.8. The third kappa shape index (κ3) is 16.6. The average Bonchev–Trinajstić information content (AvgIpc) is 4.00. The van der Waals surface area contributed by atoms with Crippen LogP contribution in [0, 0.1) is 0 Å². The Balaban J connectivity index is 0.984. The lowest BCUT2D eigenvalue weighted by atomic mass is 10.1. The van der Waals surface area contributed by atoms with Crippen LogP contribution in [0.3, 0.4) is 0 Å². The first-order chi connectivity index (χ1) is 28.6. The second-order valence-corrected chi connectivity index (χ2v) is 21.5. The molecule has 0 N–H and O–H groups in total. The van der Waals surface area contributed by atoms with Gasteiger partial charge in [-0.2, -0.15) is 23.5 Å². The highest BCUT2D eigenvalue weighted by Gasteiger charge is 2.20. The molecular formula is C46H50O6S6. The first-order valence-corrected chi connectivity index (χ1v) is 26.0. The summed E-state index contributed by atoms with van der Waals surface area (Å²) in [5.74, 6) is 9.00. The Morgan fingerprint density at radius 3 is 1.31 bits per heavy atom. The van der Waals surface area contributed by atoms with Crippen LogP contribution in [0.5, 0.6) is 11.5 Å². The monoisotopic (exact) mass is 890 g/mol. The van der Waals surface area contributed by atoms with Gasteiger partial charge in [-0.3, -0.25) is 0 Å². The number of carbonyl (C=O) groups excluding carboxylic acids is 2. The van der Waals surface area contributed by atoms with Crippen molar-refractivity contribution in [2.45, 2.75) is 34.2 Å². The molecule has 2 unspecified atom stereocenters. The Kier molecular flexibility index (Phi) is 19.7. The Morgan fingerprint density at radius 2 is 0.931 bits per heavy atom. The van der Waals surface area contributed by atoms with Crippen LogP contribution in [0.4, 0.5) is 0 Å². The van der Waals surface area contributed by atoms with Gasteiger partial charge in [0.1, 0.15) is 36.9 Å². The minimum atomic E-state index is -0.378. The van der Waals surface area contributed by atoms with E-state index in [0.717, 1.165) is 46.6 Å². The highest BCUT2D eigenvalue weighted by atomic mass is 32.2. The van der Waals surface area contributed by atoms with Crippen LogP contribution in [-0.2, 0) is 19.1 Å². The van der Waals surface area contributed by atoms with E-state index in [1.165, 1.54) is 35.2 Å². The molecule has 306 valence electrons. The number of rotatable bonds is 23. The fourth-order valence-electron chi connectivity index (χ4n) is 5.90. The molecule has 0 radical (unpaired) electrons. The van der Waals surface area contributed by atoms with Gasteiger partial charge in [0, 0.05) is 46.7 Å². The number of hydrogen-bond acceptors (Lipinski definition) is 12. The summed E-state index contributed by atoms with van der Waals surface area (Å²) in [6.45, 7) is 0.542. The van der Waals surface area contributed by atoms with Crippen LogP contribution in [0.25, 0.3) is 23.3 Å². The molecule has 4 aromatic rings. The van der Waals surface area contributed by atoms with Gasteiger partial charge in [-0.1, -0.05) is 84.9 Å². The van der Waals surface area contributed by atoms with Crippen LogP contribution in [0.15, 0.2) is 121 Å². The van der Waals surface area contributed by atoms with Gasteiger partial charge >= 0.3 is 11.9 Å². The summed E-state index contributed by atoms with van der Waals surface area (Å²) < 4.78 is 25.4. The number of hydrogen-bond donors (Lipinski definition) is 0. The summed E-state index contributed by atoms with van der Waals surface area (Å²) in [6, 6.07) is 35.4. The van der Waals surface area contributed by atoms with Gasteiger partial charge in [0.2, 0.25) is 0 Å². The summed E-state index contributed by atoms with van der Waals surface area (Å²) >= 11 is 11.8. The van der Waals surface area contributed by atoms with Crippen molar-refractivity contribution in [1.82, 2.24) is 0 Å². The van der Waals surface area contributed by atoms with E-state index in [9.17, 15) is 9.59 Å². The smallest absolute Gasteiger partial charge is 0.331 e. The van der Waals surface area contributed by atoms with Gasteiger partial charge in [0.05, 0.1) is 9.16 Å². The van der Waals surface area contributed by atoms with E-state index in [2.05, 4.69) is 0 Å². The van der Waals surface area contributed by atoms with Gasteiger partial charge < -0.3 is 18.9 Å². The zero-order chi connectivity index (χ0) is 40.0. The maximum absolute atomic E-state index is 12.8. The zero-order valence-electron chi connectivity index (χ0n) is 32.4. The first-order valence-electron chi connectivity index (χ1n) is 19.5. The van der Waals surface area contributed by atoms with Crippen molar-refractivity contribution in [3.05, 3.63) is 132 Å². The number of benzene rings is 4. The largest absolute Gasteiger partial charge is 0.490 e. The Bertz CT molecular complexity index is 1710. The average molecular weight is 891 g/mol. The predicted octanol–water partition coefficient (Wildman–Crippen LogP) is 11.2. The van der Waals surface area contributed by atoms with Crippen molar-refractivity contribution in [2.24, 2.45) is 0 Å². The lowest BCUT2D eigenvalue weighted by Crippen LogP contribution is -2.27. The lowest BCUT2D eigenvalue weighted by molar-refractivity contribution is -0.144. The third-order valence-corrected chi connectivity index (χ3v) is 17.5. The number of thioether (sulfide) groups is 6. The molecule has 6 rings (SSSR count). The molecule has 0 aromatic heterocycles. The standard InChI is InChI=1S/C46H50O6S6/c47-43(21-11-35-7-3-1-4-8-35)51-41(33-53-25-23-45-55-27-28-56-45)31-49-39-17-13-37(14-18-39)38-15-19-40(20-16-38)50-32-42(34-54-26-24-46-57-29-30-58-46)52-44(48)22-12-36-9-5-2-6-10-36/h1-22,41-42,45-46H,23-34H2. The summed E-state index contributed by atoms with van der Waals surface area (Å²) in [4.78, 5) is 25.5. The van der Waals surface area contributed by atoms with Crippen molar-refractivity contribution in [2.75, 3.05) is 59.2 Å². The van der Waals surface area contributed by atoms with E-state index in [1.807, 2.05) is 180 Å². The van der Waals surface area contributed by atoms with Crippen molar-refractivity contribution in [1.29, 1.82) is 0 Å². The molecule has 58 heavy (non-hydrogen) atoms. The minimum Gasteiger partial charge on any atom is -0.490 e. The van der Waals surface area contributed by atoms with Crippen LogP contribution in [0.2, 0.25) is 0 Å². The van der Waals surface area contributed by atoms with Gasteiger partial charge in [-0.05, 0) is 83.0 Å². The fraction of sp³-hybridized carbons (Fsp3) is 0.348. The number of esters is 2. The van der Waals surface area contributed by atoms with Gasteiger partial charge in [-0.25, -0.2) is 9.59 Å². The summed E-state index contributed by atoms with van der Waals surface area (Å²) in [5.41, 5.74) is 3.97. The van der Waals surface area contributed by atoms with E-state index in [4.69, 9.17) is 18.9 Å². The van der Waals surface area contributed by atoms with Crippen molar-refractivity contribution in [3.8, 4) is 22.6 Å². The highest BCUT2D eigenvalue weighted by Crippen LogP contribution is 2.36. The first kappa shape index (κ1) is 44.5. The molecule has 12 heteroatoms. The van der Waals surface area contributed by atoms with E-state index in [0.29, 0.717) is 32.2 Å². The Morgan fingerprint density at radius 1 is 0.552 bits per heavy atom. The molecule has 6 nitrogen and oxygen atoms in total. The van der Waals surface area contributed by atoms with Crippen LogP contribution < -0.4 is 9.47 Å². The van der Waals surface area contributed by atoms with Crippen molar-refractivity contribution < 1.29 is 28.5 Å². The maximum Gasteiger partial charge on any atom is 0.331 e. The molecule has 0 spiro atoms. The summed E-state index contributed by atoms with van der Waals surface area (Å²) in [6.07, 6.45) is 8.05. The van der Waals surface area contributed by atoms with Crippen molar-refractivity contribution in [3.63, 3.8) is 0 Å². The van der Waals surface area contributed by atoms with Crippen LogP contribution in [0.1, 0.15) is 24.0 Å². The lowest BCUT2D eigenvalue weighted by Gasteiger charge is -2.18. The summed E-state index contributed by atoms with van der Waals surface area (Å²) in [5, 5.41) is 0. The van der Waals surface area contributed by atoms with Crippen LogP contribution in [-0.4, -0.2) is 92.5 Å².